The number of nitrogens with one attached hydrogen (secondary N) is 2. The van der Waals surface area contributed by atoms with Crippen LogP contribution < -0.4 is 19.5 Å². The summed E-state index contributed by atoms with van der Waals surface area (Å²) in [6.07, 6.45) is 1.52. The summed E-state index contributed by atoms with van der Waals surface area (Å²) in [5.74, 6) is -0.142. The average Bonchev–Trinajstić information content (AvgIpc) is 2.77. The lowest BCUT2D eigenvalue weighted by atomic mass is 10.2. The van der Waals surface area contributed by atoms with E-state index in [0.717, 1.165) is 0 Å². The minimum absolute atomic E-state index is 0.119. The summed E-state index contributed by atoms with van der Waals surface area (Å²) in [6, 6.07) is 12.9. The zero-order valence-corrected chi connectivity index (χ0v) is 19.1. The second-order valence-corrected chi connectivity index (χ2v) is 9.07. The van der Waals surface area contributed by atoms with E-state index >= 15 is 0 Å². The smallest absolute Gasteiger partial charge is 0.251 e. The lowest BCUT2D eigenvalue weighted by molar-refractivity contribution is 0.0950. The summed E-state index contributed by atoms with van der Waals surface area (Å²) in [5.41, 5.74) is 0.858. The SMILES string of the molecule is COc1ccc(C(=O)NCc2ccc(Oc3cccc(F)c3)nc2)cc1S(=O)(=O)NC(C)C. The van der Waals surface area contributed by atoms with Gasteiger partial charge in [-0.1, -0.05) is 12.1 Å². The molecule has 33 heavy (non-hydrogen) atoms. The molecule has 0 radical (unpaired) electrons. The first-order chi connectivity index (χ1) is 15.7. The summed E-state index contributed by atoms with van der Waals surface area (Å²) < 4.78 is 51.6. The Kier molecular flexibility index (Phi) is 7.62. The Hall–Kier alpha value is -3.50. The van der Waals surface area contributed by atoms with Gasteiger partial charge in [-0.05, 0) is 49.7 Å². The first-order valence-corrected chi connectivity index (χ1v) is 11.5. The molecule has 2 N–H and O–H groups in total. The van der Waals surface area contributed by atoms with E-state index in [2.05, 4.69) is 15.0 Å². The molecule has 0 atom stereocenters. The van der Waals surface area contributed by atoms with Gasteiger partial charge in [0.05, 0.1) is 7.11 Å². The fraction of sp³-hybridized carbons (Fsp3) is 0.217. The molecule has 0 aliphatic rings. The average molecular weight is 474 g/mol. The Morgan fingerprint density at radius 2 is 1.91 bits per heavy atom. The van der Waals surface area contributed by atoms with Crippen LogP contribution in [0.15, 0.2) is 65.7 Å². The summed E-state index contributed by atoms with van der Waals surface area (Å²) in [4.78, 5) is 16.6. The zero-order valence-electron chi connectivity index (χ0n) is 18.3. The molecule has 3 rings (SSSR count). The van der Waals surface area contributed by atoms with Gasteiger partial charge in [-0.3, -0.25) is 4.79 Å². The third-order valence-electron chi connectivity index (χ3n) is 4.38. The number of aromatic nitrogens is 1. The molecular formula is C23H24FN3O5S. The quantitative estimate of drug-likeness (QED) is 0.492. The van der Waals surface area contributed by atoms with Crippen molar-refractivity contribution in [1.29, 1.82) is 0 Å². The molecular weight excluding hydrogens is 449 g/mol. The number of sulfonamides is 1. The Bertz CT molecular complexity index is 1230. The van der Waals surface area contributed by atoms with Crippen molar-refractivity contribution in [3.63, 3.8) is 0 Å². The van der Waals surface area contributed by atoms with Crippen molar-refractivity contribution in [1.82, 2.24) is 15.0 Å². The molecule has 1 heterocycles. The third kappa shape index (κ3) is 6.50. The van der Waals surface area contributed by atoms with Crippen LogP contribution in [0, 0.1) is 5.82 Å². The summed E-state index contributed by atoms with van der Waals surface area (Å²) in [5, 5.41) is 2.72. The molecule has 0 saturated heterocycles. The number of amides is 1. The molecule has 0 bridgehead atoms. The van der Waals surface area contributed by atoms with Gasteiger partial charge in [0.25, 0.3) is 5.91 Å². The molecule has 0 aliphatic carbocycles. The van der Waals surface area contributed by atoms with Gasteiger partial charge in [0.2, 0.25) is 15.9 Å². The van der Waals surface area contributed by atoms with Crippen LogP contribution in [0.25, 0.3) is 0 Å². The number of rotatable bonds is 9. The Morgan fingerprint density at radius 1 is 1.12 bits per heavy atom. The highest BCUT2D eigenvalue weighted by Gasteiger charge is 2.22. The lowest BCUT2D eigenvalue weighted by Gasteiger charge is -2.14. The van der Waals surface area contributed by atoms with Crippen LogP contribution in [-0.4, -0.2) is 32.5 Å². The molecule has 0 unspecified atom stereocenters. The molecule has 1 amide bonds. The lowest BCUT2D eigenvalue weighted by Crippen LogP contribution is -2.31. The molecule has 0 fully saturated rings. The minimum Gasteiger partial charge on any atom is -0.495 e. The Balaban J connectivity index is 1.67. The first-order valence-electron chi connectivity index (χ1n) is 10.0. The van der Waals surface area contributed by atoms with E-state index in [1.165, 1.54) is 49.7 Å². The number of methoxy groups -OCH3 is 1. The predicted molar refractivity (Wildman–Crippen MR) is 120 cm³/mol. The van der Waals surface area contributed by atoms with Gasteiger partial charge < -0.3 is 14.8 Å². The molecule has 174 valence electrons. The minimum atomic E-state index is -3.86. The van der Waals surface area contributed by atoms with Crippen LogP contribution in [0.4, 0.5) is 4.39 Å². The van der Waals surface area contributed by atoms with Crippen molar-refractivity contribution >= 4 is 15.9 Å². The highest BCUT2D eigenvalue weighted by molar-refractivity contribution is 7.89. The molecule has 0 aliphatic heterocycles. The van der Waals surface area contributed by atoms with Gasteiger partial charge in [0.1, 0.15) is 22.2 Å². The van der Waals surface area contributed by atoms with Crippen LogP contribution in [0.5, 0.6) is 17.4 Å². The third-order valence-corrected chi connectivity index (χ3v) is 6.06. The summed E-state index contributed by atoms with van der Waals surface area (Å²) in [6.45, 7) is 3.55. The number of nitrogens with zero attached hydrogens (tertiary/aromatic N) is 1. The van der Waals surface area contributed by atoms with E-state index in [-0.39, 0.29) is 34.7 Å². The van der Waals surface area contributed by atoms with Gasteiger partial charge >= 0.3 is 0 Å². The van der Waals surface area contributed by atoms with Crippen molar-refractivity contribution in [2.24, 2.45) is 0 Å². The second-order valence-electron chi connectivity index (χ2n) is 7.39. The van der Waals surface area contributed by atoms with Crippen LogP contribution in [0.1, 0.15) is 29.8 Å². The fourth-order valence-corrected chi connectivity index (χ4v) is 4.36. The van der Waals surface area contributed by atoms with Crippen LogP contribution >= 0.6 is 0 Å². The highest BCUT2D eigenvalue weighted by atomic mass is 32.2. The summed E-state index contributed by atoms with van der Waals surface area (Å²) in [7, 11) is -2.50. The topological polar surface area (TPSA) is 107 Å². The molecule has 10 heteroatoms. The molecule has 0 saturated carbocycles. The number of pyridine rings is 1. The number of hydrogen-bond donors (Lipinski definition) is 2. The largest absolute Gasteiger partial charge is 0.495 e. The fourth-order valence-electron chi connectivity index (χ4n) is 2.91. The van der Waals surface area contributed by atoms with E-state index < -0.39 is 21.7 Å². The first kappa shape index (κ1) is 24.1. The molecule has 2 aromatic carbocycles. The van der Waals surface area contributed by atoms with E-state index in [1.54, 1.807) is 32.0 Å². The van der Waals surface area contributed by atoms with E-state index in [9.17, 15) is 17.6 Å². The molecule has 3 aromatic rings. The van der Waals surface area contributed by atoms with Crippen LogP contribution in [-0.2, 0) is 16.6 Å². The van der Waals surface area contributed by atoms with Gasteiger partial charge in [-0.15, -0.1) is 0 Å². The van der Waals surface area contributed by atoms with Crippen molar-refractivity contribution in [2.75, 3.05) is 7.11 Å². The monoisotopic (exact) mass is 473 g/mol. The maximum absolute atomic E-state index is 13.3. The van der Waals surface area contributed by atoms with Gasteiger partial charge in [-0.2, -0.15) is 0 Å². The van der Waals surface area contributed by atoms with E-state index in [0.29, 0.717) is 11.3 Å². The van der Waals surface area contributed by atoms with Crippen molar-refractivity contribution in [2.45, 2.75) is 31.3 Å². The molecule has 0 spiro atoms. The van der Waals surface area contributed by atoms with E-state index in [1.807, 2.05) is 0 Å². The van der Waals surface area contributed by atoms with Gasteiger partial charge in [0.15, 0.2) is 0 Å². The maximum atomic E-state index is 13.3. The zero-order chi connectivity index (χ0) is 24.0. The van der Waals surface area contributed by atoms with Crippen molar-refractivity contribution < 1.29 is 27.1 Å². The normalized spacial score (nSPS) is 11.3. The highest BCUT2D eigenvalue weighted by Crippen LogP contribution is 2.25. The van der Waals surface area contributed by atoms with Crippen LogP contribution in [0.3, 0.4) is 0 Å². The number of carbonyl (C=O) groups excluding carboxylic acids is 1. The predicted octanol–water partition coefficient (Wildman–Crippen LogP) is 3.64. The number of benzene rings is 2. The molecule has 8 nitrogen and oxygen atoms in total. The van der Waals surface area contributed by atoms with E-state index in [4.69, 9.17) is 9.47 Å². The number of hydrogen-bond acceptors (Lipinski definition) is 6. The van der Waals surface area contributed by atoms with Gasteiger partial charge in [-0.25, -0.2) is 22.5 Å². The number of carbonyl (C=O) groups is 1. The Morgan fingerprint density at radius 3 is 2.55 bits per heavy atom. The van der Waals surface area contributed by atoms with Crippen molar-refractivity contribution in [3.05, 3.63) is 77.7 Å². The van der Waals surface area contributed by atoms with Gasteiger partial charge in [0, 0.05) is 36.5 Å². The Labute approximate surface area is 191 Å². The summed E-state index contributed by atoms with van der Waals surface area (Å²) >= 11 is 0. The number of ether oxygens (including phenoxy) is 2. The molecule has 1 aromatic heterocycles. The van der Waals surface area contributed by atoms with Crippen LogP contribution in [0.2, 0.25) is 0 Å². The standard InChI is InChI=1S/C23H24FN3O5S/c1-15(2)27-33(29,30)21-11-17(8-9-20(21)31-3)23(28)26-14-16-7-10-22(25-13-16)32-19-6-4-5-18(24)12-19/h4-13,15,27H,14H2,1-3H3,(H,26,28). The maximum Gasteiger partial charge on any atom is 0.251 e. The number of halogens is 1. The second kappa shape index (κ2) is 10.4. The van der Waals surface area contributed by atoms with Crippen molar-refractivity contribution in [3.8, 4) is 17.4 Å².